The molecule has 28 heavy (non-hydrogen) atoms. The van der Waals surface area contributed by atoms with Gasteiger partial charge in [-0.05, 0) is 36.1 Å². The maximum atomic E-state index is 12.8. The van der Waals surface area contributed by atoms with Crippen molar-refractivity contribution in [3.63, 3.8) is 0 Å². The maximum absolute atomic E-state index is 12.8. The first-order valence-corrected chi connectivity index (χ1v) is 9.74. The molecule has 6 nitrogen and oxygen atoms in total. The minimum Gasteiger partial charge on any atom is -0.495 e. The zero-order valence-corrected chi connectivity index (χ0v) is 16.0. The summed E-state index contributed by atoms with van der Waals surface area (Å²) < 4.78 is 5.32. The molecular weight excluding hydrogens is 354 g/mol. The van der Waals surface area contributed by atoms with E-state index in [1.807, 2.05) is 12.1 Å². The Balaban J connectivity index is 1.34. The van der Waals surface area contributed by atoms with Crippen molar-refractivity contribution in [3.8, 4) is 5.75 Å². The number of para-hydroxylation sites is 2. The molecule has 1 atom stereocenters. The standard InChI is InChI=1S/C22H25N3O3/c1-28-19-9-4-7-16-17(14-20(26)24-21(16)19)22(27)23-11-5-12-25-13-10-15-6-2-3-8-18(15)25/h2-4,6-9,17H,5,10-14H2,1H3,(H,23,27)(H,24,26)/t17-/m1/s1. The van der Waals surface area contributed by atoms with E-state index in [0.717, 1.165) is 31.5 Å². The highest BCUT2D eigenvalue weighted by molar-refractivity contribution is 6.02. The van der Waals surface area contributed by atoms with Gasteiger partial charge in [-0.1, -0.05) is 30.3 Å². The van der Waals surface area contributed by atoms with Crippen LogP contribution in [0.15, 0.2) is 42.5 Å². The number of benzene rings is 2. The van der Waals surface area contributed by atoms with Gasteiger partial charge in [0, 0.05) is 31.7 Å². The third-order valence-electron chi connectivity index (χ3n) is 5.51. The number of amides is 2. The minimum absolute atomic E-state index is 0.105. The van der Waals surface area contributed by atoms with Gasteiger partial charge in [0.2, 0.25) is 11.8 Å². The van der Waals surface area contributed by atoms with E-state index in [4.69, 9.17) is 4.74 Å². The van der Waals surface area contributed by atoms with Gasteiger partial charge in [0.15, 0.2) is 0 Å². The molecule has 2 amide bonds. The average Bonchev–Trinajstić information content (AvgIpc) is 3.13. The van der Waals surface area contributed by atoms with E-state index in [1.165, 1.54) is 11.3 Å². The lowest BCUT2D eigenvalue weighted by Gasteiger charge is -2.26. The Labute approximate surface area is 164 Å². The summed E-state index contributed by atoms with van der Waals surface area (Å²) >= 11 is 0. The molecule has 0 radical (unpaired) electrons. The summed E-state index contributed by atoms with van der Waals surface area (Å²) in [6.07, 6.45) is 2.10. The molecule has 2 aromatic rings. The fourth-order valence-electron chi connectivity index (χ4n) is 4.11. The molecule has 2 aromatic carbocycles. The molecule has 146 valence electrons. The first-order chi connectivity index (χ1) is 13.7. The number of carbonyl (C=O) groups is 2. The van der Waals surface area contributed by atoms with Gasteiger partial charge < -0.3 is 20.3 Å². The summed E-state index contributed by atoms with van der Waals surface area (Å²) in [6, 6.07) is 14.0. The molecule has 0 bridgehead atoms. The summed E-state index contributed by atoms with van der Waals surface area (Å²) in [5, 5.41) is 5.84. The molecule has 0 spiro atoms. The van der Waals surface area contributed by atoms with Crippen LogP contribution in [0.1, 0.15) is 29.9 Å². The Kier molecular flexibility index (Phi) is 5.19. The number of fused-ring (bicyclic) bond motifs is 2. The predicted molar refractivity (Wildman–Crippen MR) is 109 cm³/mol. The van der Waals surface area contributed by atoms with Crippen molar-refractivity contribution >= 4 is 23.2 Å². The fraction of sp³-hybridized carbons (Fsp3) is 0.364. The van der Waals surface area contributed by atoms with Crippen molar-refractivity contribution in [1.29, 1.82) is 0 Å². The molecule has 0 aromatic heterocycles. The Morgan fingerprint density at radius 3 is 2.96 bits per heavy atom. The number of rotatable bonds is 6. The van der Waals surface area contributed by atoms with Crippen LogP contribution >= 0.6 is 0 Å². The Hall–Kier alpha value is -3.02. The van der Waals surface area contributed by atoms with Crippen molar-refractivity contribution in [1.82, 2.24) is 5.32 Å². The van der Waals surface area contributed by atoms with E-state index < -0.39 is 5.92 Å². The number of hydrogen-bond acceptors (Lipinski definition) is 4. The third kappa shape index (κ3) is 3.54. The Morgan fingerprint density at radius 1 is 1.25 bits per heavy atom. The zero-order chi connectivity index (χ0) is 19.5. The van der Waals surface area contributed by atoms with E-state index in [-0.39, 0.29) is 18.2 Å². The maximum Gasteiger partial charge on any atom is 0.228 e. The van der Waals surface area contributed by atoms with Gasteiger partial charge >= 0.3 is 0 Å². The van der Waals surface area contributed by atoms with Crippen LogP contribution in [-0.2, 0) is 16.0 Å². The normalized spacial score (nSPS) is 17.5. The number of methoxy groups -OCH3 is 1. The van der Waals surface area contributed by atoms with Crippen LogP contribution in [0.3, 0.4) is 0 Å². The van der Waals surface area contributed by atoms with Crippen molar-refractivity contribution in [3.05, 3.63) is 53.6 Å². The van der Waals surface area contributed by atoms with Crippen LogP contribution in [-0.4, -0.2) is 38.6 Å². The zero-order valence-electron chi connectivity index (χ0n) is 16.0. The number of ether oxygens (including phenoxy) is 1. The second-order valence-electron chi connectivity index (χ2n) is 7.24. The molecule has 6 heteroatoms. The van der Waals surface area contributed by atoms with Crippen molar-refractivity contribution in [2.45, 2.75) is 25.2 Å². The molecule has 0 fully saturated rings. The average molecular weight is 379 g/mol. The van der Waals surface area contributed by atoms with Crippen molar-refractivity contribution in [2.24, 2.45) is 0 Å². The molecule has 0 saturated heterocycles. The predicted octanol–water partition coefficient (Wildman–Crippen LogP) is 2.69. The first kappa shape index (κ1) is 18.3. The summed E-state index contributed by atoms with van der Waals surface area (Å²) in [5.74, 6) is -0.167. The topological polar surface area (TPSA) is 70.7 Å². The first-order valence-electron chi connectivity index (χ1n) is 9.74. The van der Waals surface area contributed by atoms with Crippen LogP contribution in [0, 0.1) is 0 Å². The molecular formula is C22H25N3O3. The summed E-state index contributed by atoms with van der Waals surface area (Å²) in [4.78, 5) is 27.2. The molecule has 0 saturated carbocycles. The molecule has 2 aliphatic rings. The van der Waals surface area contributed by atoms with E-state index >= 15 is 0 Å². The van der Waals surface area contributed by atoms with Crippen LogP contribution in [0.25, 0.3) is 0 Å². The second kappa shape index (κ2) is 7.92. The van der Waals surface area contributed by atoms with E-state index in [9.17, 15) is 9.59 Å². The molecule has 0 aliphatic carbocycles. The monoisotopic (exact) mass is 379 g/mol. The smallest absolute Gasteiger partial charge is 0.228 e. The van der Waals surface area contributed by atoms with Crippen LogP contribution < -0.4 is 20.3 Å². The van der Waals surface area contributed by atoms with E-state index in [1.54, 1.807) is 13.2 Å². The number of nitrogens with one attached hydrogen (secondary N) is 2. The minimum atomic E-state index is -0.480. The van der Waals surface area contributed by atoms with Crippen molar-refractivity contribution < 1.29 is 14.3 Å². The number of anilines is 2. The highest BCUT2D eigenvalue weighted by atomic mass is 16.5. The van der Waals surface area contributed by atoms with Gasteiger partial charge in [0.1, 0.15) is 5.75 Å². The highest BCUT2D eigenvalue weighted by Gasteiger charge is 2.32. The Bertz CT molecular complexity index is 896. The molecule has 0 unspecified atom stereocenters. The SMILES string of the molecule is COc1cccc2c1NC(=O)C[C@H]2C(=O)NCCCN1CCc2ccccc21. The number of hydrogen-bond donors (Lipinski definition) is 2. The third-order valence-corrected chi connectivity index (χ3v) is 5.51. The number of nitrogens with zero attached hydrogens (tertiary/aromatic N) is 1. The molecule has 2 heterocycles. The molecule has 2 aliphatic heterocycles. The Morgan fingerprint density at radius 2 is 2.11 bits per heavy atom. The van der Waals surface area contributed by atoms with Gasteiger partial charge in [0.05, 0.1) is 18.7 Å². The quantitative estimate of drug-likeness (QED) is 0.757. The lowest BCUT2D eigenvalue weighted by molar-refractivity contribution is -0.126. The summed E-state index contributed by atoms with van der Waals surface area (Å²) in [6.45, 7) is 2.53. The lowest BCUT2D eigenvalue weighted by Crippen LogP contribution is -2.36. The largest absolute Gasteiger partial charge is 0.495 e. The van der Waals surface area contributed by atoms with Crippen LogP contribution in [0.2, 0.25) is 0 Å². The van der Waals surface area contributed by atoms with Gasteiger partial charge in [-0.15, -0.1) is 0 Å². The van der Waals surface area contributed by atoms with Gasteiger partial charge in [-0.25, -0.2) is 0 Å². The lowest BCUT2D eigenvalue weighted by atomic mass is 9.89. The molecule has 2 N–H and O–H groups in total. The van der Waals surface area contributed by atoms with Crippen LogP contribution in [0.4, 0.5) is 11.4 Å². The van der Waals surface area contributed by atoms with E-state index in [2.05, 4.69) is 39.8 Å². The highest BCUT2D eigenvalue weighted by Crippen LogP contribution is 2.38. The fourth-order valence-corrected chi connectivity index (χ4v) is 4.11. The van der Waals surface area contributed by atoms with Crippen molar-refractivity contribution in [2.75, 3.05) is 37.0 Å². The van der Waals surface area contributed by atoms with Crippen LogP contribution in [0.5, 0.6) is 5.75 Å². The van der Waals surface area contributed by atoms with Gasteiger partial charge in [-0.2, -0.15) is 0 Å². The van der Waals surface area contributed by atoms with E-state index in [0.29, 0.717) is 18.0 Å². The summed E-state index contributed by atoms with van der Waals surface area (Å²) in [7, 11) is 1.56. The van der Waals surface area contributed by atoms with Gasteiger partial charge in [-0.3, -0.25) is 9.59 Å². The number of carbonyl (C=O) groups excluding carboxylic acids is 2. The van der Waals surface area contributed by atoms with Gasteiger partial charge in [0.25, 0.3) is 0 Å². The summed E-state index contributed by atoms with van der Waals surface area (Å²) in [5.41, 5.74) is 4.11. The molecule has 4 rings (SSSR count). The second-order valence-corrected chi connectivity index (χ2v) is 7.24.